The molecule has 0 N–H and O–H groups in total. The maximum atomic E-state index is 12.5. The molecule has 0 bridgehead atoms. The fourth-order valence-corrected chi connectivity index (χ4v) is 0.998. The summed E-state index contributed by atoms with van der Waals surface area (Å²) in [4.78, 5) is 14.7. The number of carbonyl (C=O) groups is 1. The topological polar surface area (TPSA) is 48.4 Å². The Morgan fingerprint density at radius 3 is 2.75 bits per heavy atom. The van der Waals surface area contributed by atoms with E-state index in [0.717, 1.165) is 12.3 Å². The number of pyridine rings is 1. The molecular weight excluding hydrogens is 213 g/mol. The first-order valence-electron chi connectivity index (χ1n) is 5.00. The summed E-state index contributed by atoms with van der Waals surface area (Å²) in [5, 5.41) is 0. The number of hydrogen-bond acceptors (Lipinski definition) is 4. The molecule has 0 aliphatic carbocycles. The van der Waals surface area contributed by atoms with Crippen molar-refractivity contribution in [3.05, 3.63) is 29.8 Å². The van der Waals surface area contributed by atoms with Crippen molar-refractivity contribution in [2.75, 3.05) is 13.2 Å². The zero-order chi connectivity index (χ0) is 12.0. The molecule has 0 unspecified atom stereocenters. The van der Waals surface area contributed by atoms with Crippen LogP contribution in [0.25, 0.3) is 0 Å². The fourth-order valence-electron chi connectivity index (χ4n) is 0.998. The summed E-state index contributed by atoms with van der Waals surface area (Å²) in [7, 11) is 0. The van der Waals surface area contributed by atoms with Crippen LogP contribution in [0.3, 0.4) is 0 Å². The molecule has 0 aromatic carbocycles. The normalized spacial score (nSPS) is 10.5. The van der Waals surface area contributed by atoms with Gasteiger partial charge in [0.1, 0.15) is 6.61 Å². The second-order valence-electron chi connectivity index (χ2n) is 3.43. The summed E-state index contributed by atoms with van der Waals surface area (Å²) in [6, 6.07) is 2.44. The lowest BCUT2D eigenvalue weighted by atomic mass is 10.3. The molecule has 4 nitrogen and oxygen atoms in total. The molecule has 0 spiro atoms. The molecule has 0 aliphatic heterocycles. The summed E-state index contributed by atoms with van der Waals surface area (Å²) in [6.07, 6.45) is 1.24. The minimum absolute atomic E-state index is 0.103. The van der Waals surface area contributed by atoms with Gasteiger partial charge in [0.05, 0.1) is 18.3 Å². The van der Waals surface area contributed by atoms with E-state index in [4.69, 9.17) is 9.47 Å². The van der Waals surface area contributed by atoms with Crippen LogP contribution in [-0.2, 0) is 9.47 Å². The van der Waals surface area contributed by atoms with Crippen LogP contribution in [0, 0.1) is 5.95 Å². The molecule has 1 aromatic heterocycles. The van der Waals surface area contributed by atoms with Gasteiger partial charge in [-0.3, -0.25) is 0 Å². The zero-order valence-electron chi connectivity index (χ0n) is 9.27. The number of aromatic nitrogens is 1. The van der Waals surface area contributed by atoms with E-state index in [9.17, 15) is 9.18 Å². The highest BCUT2D eigenvalue weighted by Crippen LogP contribution is 2.01. The molecular formula is C11H14FNO3. The molecule has 1 aromatic rings. The Balaban J connectivity index is 2.32. The third-order valence-electron chi connectivity index (χ3n) is 1.73. The molecule has 0 fully saturated rings. The standard InChI is InChI=1S/C11H14FNO3/c1-8(2)15-5-6-16-11(14)9-3-4-10(12)13-7-9/h3-4,7-8H,5-6H2,1-2H3. The van der Waals surface area contributed by atoms with Gasteiger partial charge in [-0.2, -0.15) is 4.39 Å². The van der Waals surface area contributed by atoms with Crippen molar-refractivity contribution in [2.45, 2.75) is 20.0 Å². The van der Waals surface area contributed by atoms with Crippen molar-refractivity contribution in [2.24, 2.45) is 0 Å². The minimum Gasteiger partial charge on any atom is -0.460 e. The molecule has 0 radical (unpaired) electrons. The number of esters is 1. The second-order valence-corrected chi connectivity index (χ2v) is 3.43. The summed E-state index contributed by atoms with van der Waals surface area (Å²) in [6.45, 7) is 4.31. The van der Waals surface area contributed by atoms with Crippen molar-refractivity contribution in [3.63, 3.8) is 0 Å². The first-order chi connectivity index (χ1) is 7.59. The predicted octanol–water partition coefficient (Wildman–Crippen LogP) is 1.80. The van der Waals surface area contributed by atoms with Gasteiger partial charge >= 0.3 is 5.97 Å². The van der Waals surface area contributed by atoms with Crippen LogP contribution in [-0.4, -0.2) is 30.3 Å². The SMILES string of the molecule is CC(C)OCCOC(=O)c1ccc(F)nc1. The number of ether oxygens (including phenoxy) is 2. The molecule has 5 heteroatoms. The summed E-state index contributed by atoms with van der Waals surface area (Å²) < 4.78 is 22.5. The van der Waals surface area contributed by atoms with Crippen molar-refractivity contribution in [1.82, 2.24) is 4.98 Å². The average molecular weight is 227 g/mol. The highest BCUT2D eigenvalue weighted by Gasteiger charge is 2.07. The van der Waals surface area contributed by atoms with E-state index in [0.29, 0.717) is 6.61 Å². The zero-order valence-corrected chi connectivity index (χ0v) is 9.27. The molecule has 88 valence electrons. The highest BCUT2D eigenvalue weighted by atomic mass is 19.1. The van der Waals surface area contributed by atoms with Crippen molar-refractivity contribution in [1.29, 1.82) is 0 Å². The number of carbonyl (C=O) groups excluding carboxylic acids is 1. The van der Waals surface area contributed by atoms with Gasteiger partial charge in [0.25, 0.3) is 0 Å². The molecule has 1 rings (SSSR count). The minimum atomic E-state index is -0.625. The molecule has 1 heterocycles. The first kappa shape index (κ1) is 12.6. The molecule has 0 amide bonds. The fraction of sp³-hybridized carbons (Fsp3) is 0.455. The third kappa shape index (κ3) is 4.35. The summed E-state index contributed by atoms with van der Waals surface area (Å²) >= 11 is 0. The van der Waals surface area contributed by atoms with Gasteiger partial charge in [0, 0.05) is 6.20 Å². The smallest absolute Gasteiger partial charge is 0.339 e. The Morgan fingerprint density at radius 1 is 1.44 bits per heavy atom. The van der Waals surface area contributed by atoms with Gasteiger partial charge in [0.15, 0.2) is 0 Å². The van der Waals surface area contributed by atoms with Crippen LogP contribution in [0.15, 0.2) is 18.3 Å². The maximum absolute atomic E-state index is 12.5. The lowest BCUT2D eigenvalue weighted by molar-refractivity contribution is 0.0176. The van der Waals surface area contributed by atoms with Crippen LogP contribution in [0.5, 0.6) is 0 Å². The lowest BCUT2D eigenvalue weighted by Gasteiger charge is -2.07. The van der Waals surface area contributed by atoms with Gasteiger partial charge in [-0.1, -0.05) is 0 Å². The number of hydrogen-bond donors (Lipinski definition) is 0. The molecule has 16 heavy (non-hydrogen) atoms. The van der Waals surface area contributed by atoms with Crippen LogP contribution < -0.4 is 0 Å². The van der Waals surface area contributed by atoms with Crippen LogP contribution in [0.2, 0.25) is 0 Å². The highest BCUT2D eigenvalue weighted by molar-refractivity contribution is 5.88. The van der Waals surface area contributed by atoms with Gasteiger partial charge < -0.3 is 9.47 Å². The van der Waals surface area contributed by atoms with Gasteiger partial charge in [-0.25, -0.2) is 9.78 Å². The van der Waals surface area contributed by atoms with E-state index in [2.05, 4.69) is 4.98 Å². The quantitative estimate of drug-likeness (QED) is 0.437. The van der Waals surface area contributed by atoms with Gasteiger partial charge in [-0.15, -0.1) is 0 Å². The largest absolute Gasteiger partial charge is 0.460 e. The third-order valence-corrected chi connectivity index (χ3v) is 1.73. The van der Waals surface area contributed by atoms with Crippen LogP contribution in [0.4, 0.5) is 4.39 Å². The Hall–Kier alpha value is -1.49. The van der Waals surface area contributed by atoms with Crippen LogP contribution in [0.1, 0.15) is 24.2 Å². The second kappa shape index (κ2) is 6.17. The Morgan fingerprint density at radius 2 is 2.19 bits per heavy atom. The van der Waals surface area contributed by atoms with E-state index in [-0.39, 0.29) is 18.3 Å². The van der Waals surface area contributed by atoms with Gasteiger partial charge in [0.2, 0.25) is 5.95 Å². The lowest BCUT2D eigenvalue weighted by Crippen LogP contribution is -2.13. The van der Waals surface area contributed by atoms with E-state index in [1.54, 1.807) is 0 Å². The average Bonchev–Trinajstić information content (AvgIpc) is 2.25. The monoisotopic (exact) mass is 227 g/mol. The van der Waals surface area contributed by atoms with E-state index < -0.39 is 11.9 Å². The summed E-state index contributed by atoms with van der Waals surface area (Å²) in [5.74, 6) is -1.15. The van der Waals surface area contributed by atoms with E-state index in [1.165, 1.54) is 6.07 Å². The maximum Gasteiger partial charge on any atom is 0.339 e. The Kier molecular flexibility index (Phi) is 4.85. The van der Waals surface area contributed by atoms with Crippen molar-refractivity contribution >= 4 is 5.97 Å². The molecule has 0 atom stereocenters. The number of halogens is 1. The number of nitrogens with zero attached hydrogens (tertiary/aromatic N) is 1. The van der Waals surface area contributed by atoms with Crippen LogP contribution >= 0.6 is 0 Å². The predicted molar refractivity (Wildman–Crippen MR) is 55.6 cm³/mol. The first-order valence-corrected chi connectivity index (χ1v) is 5.00. The van der Waals surface area contributed by atoms with E-state index in [1.807, 2.05) is 13.8 Å². The molecule has 0 saturated carbocycles. The van der Waals surface area contributed by atoms with Crippen molar-refractivity contribution in [3.8, 4) is 0 Å². The molecule has 0 saturated heterocycles. The van der Waals surface area contributed by atoms with Crippen molar-refractivity contribution < 1.29 is 18.7 Å². The molecule has 0 aliphatic rings. The Bertz CT molecular complexity index is 338. The number of rotatable bonds is 5. The summed E-state index contributed by atoms with van der Waals surface area (Å²) in [5.41, 5.74) is 0.228. The Labute approximate surface area is 93.4 Å². The van der Waals surface area contributed by atoms with E-state index >= 15 is 0 Å². The van der Waals surface area contributed by atoms with Gasteiger partial charge in [-0.05, 0) is 26.0 Å².